The van der Waals surface area contributed by atoms with E-state index >= 15 is 0 Å². The number of carbonyl (C=O) groups is 1. The van der Waals surface area contributed by atoms with Gasteiger partial charge in [-0.05, 0) is 6.92 Å². The maximum Gasteiger partial charge on any atom is 0.271 e. The topological polar surface area (TPSA) is 84.7 Å². The second-order valence-electron chi connectivity index (χ2n) is 3.87. The maximum atomic E-state index is 11.8. The third kappa shape index (κ3) is 3.77. The van der Waals surface area contributed by atoms with Crippen LogP contribution < -0.4 is 10.6 Å². The first-order valence-corrected chi connectivity index (χ1v) is 6.09. The highest BCUT2D eigenvalue weighted by Gasteiger charge is 2.06. The highest BCUT2D eigenvalue weighted by atomic mass is 16.1. The standard InChI is InChI=1S/C12H16N6O/c1-2-14-11-8-16-10(7-17-11)12(19)15-4-6-18-5-3-13-9-18/h3,5,7-9H,2,4,6H2,1H3,(H,14,17)(H,15,19). The molecule has 0 aliphatic heterocycles. The number of rotatable bonds is 6. The molecule has 2 aromatic heterocycles. The SMILES string of the molecule is CCNc1cnc(C(=O)NCCn2ccnc2)cn1. The number of imidazole rings is 1. The molecular weight excluding hydrogens is 244 g/mol. The lowest BCUT2D eigenvalue weighted by Crippen LogP contribution is -2.27. The van der Waals surface area contributed by atoms with Crippen LogP contribution >= 0.6 is 0 Å². The highest BCUT2D eigenvalue weighted by Crippen LogP contribution is 2.00. The van der Waals surface area contributed by atoms with E-state index in [0.29, 0.717) is 24.6 Å². The zero-order chi connectivity index (χ0) is 13.5. The molecule has 2 aromatic rings. The molecule has 2 heterocycles. The van der Waals surface area contributed by atoms with E-state index in [4.69, 9.17) is 0 Å². The molecule has 2 rings (SSSR count). The Morgan fingerprint density at radius 1 is 1.37 bits per heavy atom. The van der Waals surface area contributed by atoms with Crippen molar-refractivity contribution in [1.82, 2.24) is 24.8 Å². The molecule has 19 heavy (non-hydrogen) atoms. The first-order chi connectivity index (χ1) is 9.29. The Labute approximate surface area is 111 Å². The van der Waals surface area contributed by atoms with Crippen LogP contribution in [0.3, 0.4) is 0 Å². The molecule has 0 aliphatic carbocycles. The Balaban J connectivity index is 1.82. The van der Waals surface area contributed by atoms with E-state index in [1.807, 2.05) is 17.7 Å². The predicted octanol–water partition coefficient (Wildman–Crippen LogP) is 0.535. The van der Waals surface area contributed by atoms with Gasteiger partial charge < -0.3 is 15.2 Å². The van der Waals surface area contributed by atoms with Crippen LogP contribution in [-0.4, -0.2) is 38.5 Å². The van der Waals surface area contributed by atoms with Gasteiger partial charge in [-0.3, -0.25) is 4.79 Å². The van der Waals surface area contributed by atoms with Crippen molar-refractivity contribution in [3.8, 4) is 0 Å². The molecule has 7 nitrogen and oxygen atoms in total. The zero-order valence-electron chi connectivity index (χ0n) is 10.7. The van der Waals surface area contributed by atoms with Gasteiger partial charge in [-0.1, -0.05) is 0 Å². The zero-order valence-corrected chi connectivity index (χ0v) is 10.7. The van der Waals surface area contributed by atoms with Crippen LogP contribution in [0.5, 0.6) is 0 Å². The Kier molecular flexibility index (Phi) is 4.44. The van der Waals surface area contributed by atoms with E-state index in [-0.39, 0.29) is 5.91 Å². The minimum atomic E-state index is -0.226. The fraction of sp³-hybridized carbons (Fsp3) is 0.333. The molecule has 0 saturated carbocycles. The molecule has 0 bridgehead atoms. The van der Waals surface area contributed by atoms with Crippen LogP contribution in [0.15, 0.2) is 31.1 Å². The number of nitrogens with one attached hydrogen (secondary N) is 2. The number of amides is 1. The molecule has 100 valence electrons. The van der Waals surface area contributed by atoms with Crippen molar-refractivity contribution in [2.75, 3.05) is 18.4 Å². The van der Waals surface area contributed by atoms with E-state index in [0.717, 1.165) is 6.54 Å². The number of carbonyl (C=O) groups excluding carboxylic acids is 1. The van der Waals surface area contributed by atoms with Gasteiger partial charge >= 0.3 is 0 Å². The van der Waals surface area contributed by atoms with Gasteiger partial charge in [-0.2, -0.15) is 0 Å². The van der Waals surface area contributed by atoms with Crippen LogP contribution in [0, 0.1) is 0 Å². The molecule has 0 saturated heterocycles. The van der Waals surface area contributed by atoms with Gasteiger partial charge in [-0.25, -0.2) is 15.0 Å². The van der Waals surface area contributed by atoms with Crippen molar-refractivity contribution in [2.45, 2.75) is 13.5 Å². The summed E-state index contributed by atoms with van der Waals surface area (Å²) in [7, 11) is 0. The van der Waals surface area contributed by atoms with E-state index in [9.17, 15) is 4.79 Å². The number of hydrogen-bond donors (Lipinski definition) is 2. The van der Waals surface area contributed by atoms with Crippen molar-refractivity contribution in [2.24, 2.45) is 0 Å². The summed E-state index contributed by atoms with van der Waals surface area (Å²) in [5, 5.41) is 5.80. The third-order valence-electron chi connectivity index (χ3n) is 2.46. The molecule has 0 radical (unpaired) electrons. The number of anilines is 1. The van der Waals surface area contributed by atoms with Crippen molar-refractivity contribution in [1.29, 1.82) is 0 Å². The first kappa shape index (κ1) is 13.0. The summed E-state index contributed by atoms with van der Waals surface area (Å²) in [5.74, 6) is 0.438. The Morgan fingerprint density at radius 3 is 2.89 bits per heavy atom. The number of hydrogen-bond acceptors (Lipinski definition) is 5. The van der Waals surface area contributed by atoms with E-state index < -0.39 is 0 Å². The normalized spacial score (nSPS) is 10.2. The van der Waals surface area contributed by atoms with Gasteiger partial charge in [0.2, 0.25) is 0 Å². The van der Waals surface area contributed by atoms with Crippen LogP contribution in [0.25, 0.3) is 0 Å². The quantitative estimate of drug-likeness (QED) is 0.791. The minimum Gasteiger partial charge on any atom is -0.369 e. The lowest BCUT2D eigenvalue weighted by molar-refractivity contribution is 0.0947. The van der Waals surface area contributed by atoms with Crippen molar-refractivity contribution >= 4 is 11.7 Å². The highest BCUT2D eigenvalue weighted by molar-refractivity contribution is 5.91. The smallest absolute Gasteiger partial charge is 0.271 e. The Morgan fingerprint density at radius 2 is 2.26 bits per heavy atom. The first-order valence-electron chi connectivity index (χ1n) is 6.09. The molecule has 0 fully saturated rings. The van der Waals surface area contributed by atoms with Gasteiger partial charge in [0, 0.05) is 32.0 Å². The van der Waals surface area contributed by atoms with E-state index in [1.54, 1.807) is 18.7 Å². The molecule has 2 N–H and O–H groups in total. The second-order valence-corrected chi connectivity index (χ2v) is 3.87. The van der Waals surface area contributed by atoms with Crippen LogP contribution in [-0.2, 0) is 6.54 Å². The molecular formula is C12H16N6O. The van der Waals surface area contributed by atoms with Gasteiger partial charge in [-0.15, -0.1) is 0 Å². The monoisotopic (exact) mass is 260 g/mol. The summed E-state index contributed by atoms with van der Waals surface area (Å²) < 4.78 is 1.89. The lowest BCUT2D eigenvalue weighted by Gasteiger charge is -2.06. The summed E-state index contributed by atoms with van der Waals surface area (Å²) in [5.41, 5.74) is 0.312. The van der Waals surface area contributed by atoms with Gasteiger partial charge in [0.05, 0.1) is 18.7 Å². The van der Waals surface area contributed by atoms with Crippen LogP contribution in [0.2, 0.25) is 0 Å². The van der Waals surface area contributed by atoms with Gasteiger partial charge in [0.1, 0.15) is 11.5 Å². The second kappa shape index (κ2) is 6.48. The van der Waals surface area contributed by atoms with Crippen molar-refractivity contribution in [3.63, 3.8) is 0 Å². The number of nitrogens with zero attached hydrogens (tertiary/aromatic N) is 4. The molecule has 0 atom stereocenters. The predicted molar refractivity (Wildman–Crippen MR) is 70.8 cm³/mol. The van der Waals surface area contributed by atoms with E-state index in [2.05, 4.69) is 25.6 Å². The summed E-state index contributed by atoms with van der Waals surface area (Å²) in [6.45, 7) is 3.93. The average molecular weight is 260 g/mol. The molecule has 0 unspecified atom stereocenters. The molecule has 1 amide bonds. The largest absolute Gasteiger partial charge is 0.369 e. The van der Waals surface area contributed by atoms with Crippen molar-refractivity contribution < 1.29 is 4.79 Å². The van der Waals surface area contributed by atoms with E-state index in [1.165, 1.54) is 6.20 Å². The third-order valence-corrected chi connectivity index (χ3v) is 2.46. The summed E-state index contributed by atoms with van der Waals surface area (Å²) in [4.78, 5) is 23.9. The van der Waals surface area contributed by atoms with Crippen LogP contribution in [0.4, 0.5) is 5.82 Å². The maximum absolute atomic E-state index is 11.8. The molecule has 0 aromatic carbocycles. The number of aromatic nitrogens is 4. The molecule has 0 spiro atoms. The van der Waals surface area contributed by atoms with Gasteiger partial charge in [0.25, 0.3) is 5.91 Å². The molecule has 0 aliphatic rings. The fourth-order valence-electron chi connectivity index (χ4n) is 1.53. The van der Waals surface area contributed by atoms with Gasteiger partial charge in [0.15, 0.2) is 0 Å². The summed E-state index contributed by atoms with van der Waals surface area (Å²) >= 11 is 0. The summed E-state index contributed by atoms with van der Waals surface area (Å²) in [6, 6.07) is 0. The van der Waals surface area contributed by atoms with Crippen LogP contribution in [0.1, 0.15) is 17.4 Å². The van der Waals surface area contributed by atoms with Crippen molar-refractivity contribution in [3.05, 3.63) is 36.8 Å². The Hall–Kier alpha value is -2.44. The summed E-state index contributed by atoms with van der Waals surface area (Å²) in [6.07, 6.45) is 8.26. The molecule has 7 heteroatoms. The minimum absolute atomic E-state index is 0.226. The fourth-order valence-corrected chi connectivity index (χ4v) is 1.53. The lowest BCUT2D eigenvalue weighted by atomic mass is 10.4. The Bertz CT molecular complexity index is 508. The average Bonchev–Trinajstić information content (AvgIpc) is 2.93.